The Bertz CT molecular complexity index is 240. The Hall–Kier alpha value is 0.684. The van der Waals surface area contributed by atoms with Crippen molar-refractivity contribution in [3.8, 4) is 0 Å². The molecule has 7 heteroatoms. The van der Waals surface area contributed by atoms with Crippen molar-refractivity contribution in [2.45, 2.75) is 6.92 Å². The topological polar surface area (TPSA) is 63.6 Å². The van der Waals surface area contributed by atoms with Gasteiger partial charge in [0.2, 0.25) is 0 Å². The van der Waals surface area contributed by atoms with Crippen LogP contribution in [0.15, 0.2) is 0 Å². The summed E-state index contributed by atoms with van der Waals surface area (Å²) in [5.41, 5.74) is 0. The van der Waals surface area contributed by atoms with Gasteiger partial charge in [0.15, 0.2) is 0 Å². The molecular weight excluding hydrogens is 210 g/mol. The Morgan fingerprint density at radius 2 is 1.89 bits per heavy atom. The summed E-state index contributed by atoms with van der Waals surface area (Å²) in [6.45, 7) is 1.04. The molecule has 0 amide bonds. The second-order valence-electron chi connectivity index (χ2n) is 1.52. The summed E-state index contributed by atoms with van der Waals surface area (Å²) < 4.78 is 32.8. The Morgan fingerprint density at radius 3 is 1.89 bits per heavy atom. The fraction of sp³-hybridized carbons (Fsp3) is 1.00. The summed E-state index contributed by atoms with van der Waals surface area (Å²) in [5.74, 6) is 0. The van der Waals surface area contributed by atoms with Gasteiger partial charge in [-0.25, -0.2) is 0 Å². The summed E-state index contributed by atoms with van der Waals surface area (Å²) in [7, 11) is 1.80. The van der Waals surface area contributed by atoms with Crippen LogP contribution in [0.5, 0.6) is 0 Å². The number of halogens is 2. The molecule has 57 valence electrons. The zero-order chi connectivity index (χ0) is 7.82. The molecule has 0 radical (unpaired) electrons. The summed E-state index contributed by atoms with van der Waals surface area (Å²) in [6.07, 6.45) is 0. The van der Waals surface area contributed by atoms with Crippen LogP contribution in [0.2, 0.25) is 0 Å². The van der Waals surface area contributed by atoms with Gasteiger partial charge in [-0.3, -0.25) is 0 Å². The molecule has 0 saturated carbocycles. The maximum atomic E-state index is 10.3. The van der Waals surface area contributed by atoms with E-state index >= 15 is 0 Å². The third kappa shape index (κ3) is 8.68. The van der Waals surface area contributed by atoms with E-state index in [-0.39, 0.29) is 6.61 Å². The van der Waals surface area contributed by atoms with Gasteiger partial charge in [0.25, 0.3) is 0 Å². The Morgan fingerprint density at radius 1 is 1.56 bits per heavy atom. The molecule has 0 rings (SSSR count). The van der Waals surface area contributed by atoms with E-state index in [1.54, 1.807) is 0 Å². The molecule has 0 aromatic carbocycles. The minimum absolute atomic E-state index is 0.295. The van der Waals surface area contributed by atoms with E-state index in [0.29, 0.717) is 0 Å². The van der Waals surface area contributed by atoms with E-state index in [9.17, 15) is 7.35 Å². The van der Waals surface area contributed by atoms with E-state index in [4.69, 9.17) is 4.03 Å². The molecule has 0 spiro atoms. The van der Waals surface area contributed by atoms with Crippen LogP contribution in [0.1, 0.15) is 6.92 Å². The van der Waals surface area contributed by atoms with Crippen LogP contribution < -0.4 is 0 Å². The first kappa shape index (κ1) is 9.68. The van der Waals surface area contributed by atoms with Crippen LogP contribution in [0.25, 0.3) is 0 Å². The quantitative estimate of drug-likeness (QED) is 0.749. The van der Waals surface area contributed by atoms with Crippen LogP contribution in [0, 0.1) is 0 Å². The van der Waals surface area contributed by atoms with Crippen molar-refractivity contribution in [2.75, 3.05) is 6.61 Å². The van der Waals surface area contributed by atoms with Crippen molar-refractivity contribution in [1.82, 2.24) is 0 Å². The molecule has 0 fully saturated rings. The molecule has 4 nitrogen and oxygen atoms in total. The van der Waals surface area contributed by atoms with Crippen LogP contribution in [-0.2, 0) is 21.4 Å². The number of hydrogen-bond acceptors (Lipinski definition) is 3. The zero-order valence-electron chi connectivity index (χ0n) is 4.58. The van der Waals surface area contributed by atoms with Gasteiger partial charge in [-0.15, -0.1) is 0 Å². The molecule has 9 heavy (non-hydrogen) atoms. The molecular formula is C2H6Cl2O4V. The van der Waals surface area contributed by atoms with Gasteiger partial charge in [0.05, 0.1) is 0 Å². The fourth-order valence-electron chi connectivity index (χ4n) is 0.261. The second-order valence-corrected chi connectivity index (χ2v) is 12.1. The molecule has 0 aliphatic carbocycles. The standard InChI is InChI=1S/C2H5O.2ClH.H2O.2O.V/c1-2-3;;;;;;/h2H2,1H3;2*1H;1H2;;;/q-1;;;;;;+4/p-3. The van der Waals surface area contributed by atoms with Crippen LogP contribution in [-0.4, -0.2) is 10.6 Å². The predicted octanol–water partition coefficient (Wildman–Crippen LogP) is 1.07. The molecule has 0 aromatic rings. The monoisotopic (exact) mass is 215 g/mol. The van der Waals surface area contributed by atoms with Gasteiger partial charge in [-0.1, -0.05) is 0 Å². The molecule has 0 bridgehead atoms. The fourth-order valence-corrected chi connectivity index (χ4v) is 1.88. The molecule has 0 saturated heterocycles. The summed E-state index contributed by atoms with van der Waals surface area (Å²) in [6, 6.07) is 0. The van der Waals surface area contributed by atoms with Crippen molar-refractivity contribution in [2.24, 2.45) is 0 Å². The first-order valence-electron chi connectivity index (χ1n) is 2.08. The predicted molar refractivity (Wildman–Crippen MR) is 26.9 cm³/mol. The summed E-state index contributed by atoms with van der Waals surface area (Å²) in [5, 5.41) is 0. The Kier molecular flexibility index (Phi) is 1.76. The first-order valence-corrected chi connectivity index (χ1v) is 8.26. The van der Waals surface area contributed by atoms with Crippen LogP contribution in [0.4, 0.5) is 0 Å². The molecule has 0 aromatic heterocycles. The van der Waals surface area contributed by atoms with Gasteiger partial charge < -0.3 is 0 Å². The number of rotatable bonds is 2. The van der Waals surface area contributed by atoms with Gasteiger partial charge in [-0.2, -0.15) is 0 Å². The van der Waals surface area contributed by atoms with Crippen LogP contribution in [0.3, 0.4) is 0 Å². The van der Waals surface area contributed by atoms with Gasteiger partial charge >= 0.3 is 58.7 Å². The van der Waals surface area contributed by atoms with Gasteiger partial charge in [-0.05, 0) is 0 Å². The van der Waals surface area contributed by atoms with E-state index in [0.717, 1.165) is 0 Å². The summed E-state index contributed by atoms with van der Waals surface area (Å²) >= 11 is 0. The third-order valence-electron chi connectivity index (χ3n) is 0.390. The third-order valence-corrected chi connectivity index (χ3v) is 2.41. The van der Waals surface area contributed by atoms with E-state index in [1.165, 1.54) is 6.92 Å². The normalized spacial score (nSPS) is 20.4. The van der Waals surface area contributed by atoms with Gasteiger partial charge in [0, 0.05) is 0 Å². The molecule has 0 aliphatic rings. The minimum atomic E-state index is -7.22. The van der Waals surface area contributed by atoms with Crippen molar-refractivity contribution in [3.05, 3.63) is 0 Å². The number of hydrogen-bond donors (Lipinski definition) is 1. The van der Waals surface area contributed by atoms with Crippen LogP contribution >= 0.6 is 19.7 Å². The van der Waals surface area contributed by atoms with Crippen molar-refractivity contribution >= 4 is 19.7 Å². The zero-order valence-corrected chi connectivity index (χ0v) is 7.49. The molecule has 0 heterocycles. The average Bonchev–Trinajstić information content (AvgIpc) is 1.22. The van der Waals surface area contributed by atoms with Crippen molar-refractivity contribution in [1.29, 1.82) is 0 Å². The Labute approximate surface area is 58.9 Å². The second kappa shape index (κ2) is 1.64. The van der Waals surface area contributed by atoms with E-state index in [1.807, 2.05) is 0 Å². The average molecular weight is 216 g/mol. The first-order chi connectivity index (χ1) is 3.54. The SMILES string of the molecule is CC[O][V](=[O])(=[O])([OH])([Cl])[Cl]. The maximum absolute atomic E-state index is 10.3. The molecule has 0 unspecified atom stereocenters. The molecule has 1 N–H and O–H groups in total. The van der Waals surface area contributed by atoms with E-state index < -0.39 is 10.4 Å². The van der Waals surface area contributed by atoms with E-state index in [2.05, 4.69) is 23.4 Å². The Balaban J connectivity index is 4.82. The van der Waals surface area contributed by atoms with Gasteiger partial charge in [0.1, 0.15) is 0 Å². The van der Waals surface area contributed by atoms with Crippen molar-refractivity contribution in [3.63, 3.8) is 0 Å². The van der Waals surface area contributed by atoms with Crippen molar-refractivity contribution < 1.29 is 25.5 Å². The molecule has 0 aliphatic heterocycles. The summed E-state index contributed by atoms with van der Waals surface area (Å²) in [4.78, 5) is 0. The molecule has 0 atom stereocenters.